The molecule has 0 spiro atoms. The minimum Gasteiger partial charge on any atom is -0.494 e. The molecular formula is C23H34N4O6SSi. The van der Waals surface area contributed by atoms with Gasteiger partial charge in [0.1, 0.15) is 28.2 Å². The van der Waals surface area contributed by atoms with Crippen LogP contribution in [0.3, 0.4) is 0 Å². The Morgan fingerprint density at radius 3 is 2.23 bits per heavy atom. The summed E-state index contributed by atoms with van der Waals surface area (Å²) in [6.07, 6.45) is 0. The summed E-state index contributed by atoms with van der Waals surface area (Å²) in [5.74, 6) is 2.31. The Hall–Kier alpha value is -2.83. The van der Waals surface area contributed by atoms with Crippen molar-refractivity contribution < 1.29 is 27.4 Å². The summed E-state index contributed by atoms with van der Waals surface area (Å²) in [5.41, 5.74) is 0.436. The number of hydrogen-bond donors (Lipinski definition) is 1. The maximum atomic E-state index is 13.6. The number of aryl methyl sites for hydroxylation is 1. The van der Waals surface area contributed by atoms with E-state index in [9.17, 15) is 13.5 Å². The Labute approximate surface area is 207 Å². The largest absolute Gasteiger partial charge is 0.494 e. The maximum absolute atomic E-state index is 13.6. The van der Waals surface area contributed by atoms with Crippen molar-refractivity contribution in [2.45, 2.75) is 44.8 Å². The van der Waals surface area contributed by atoms with Crippen molar-refractivity contribution in [3.8, 4) is 28.8 Å². The molecule has 0 unspecified atom stereocenters. The minimum absolute atomic E-state index is 0.0652. The molecule has 0 bridgehead atoms. The standard InChI is InChI=1S/C23H34N4O6SSi/c1-16-11-12-20(33-16)22-24-25-23(27(22)21-18(31-3)9-8-10-19(21)32-4)26(13-14-35(5,6)7)34(29,30)17(2)15-28/h8-12,17,28H,13-15H2,1-7H3/t17-/m1/s1. The number of ether oxygens (including phenoxy) is 2. The molecule has 192 valence electrons. The molecule has 0 fully saturated rings. The van der Waals surface area contributed by atoms with Crippen molar-refractivity contribution in [2.75, 3.05) is 31.7 Å². The van der Waals surface area contributed by atoms with Crippen LogP contribution in [0, 0.1) is 6.92 Å². The zero-order chi connectivity index (χ0) is 26.0. The van der Waals surface area contributed by atoms with Crippen molar-refractivity contribution in [2.24, 2.45) is 0 Å². The Kier molecular flexibility index (Phi) is 7.97. The molecule has 1 N–H and O–H groups in total. The van der Waals surface area contributed by atoms with Gasteiger partial charge in [-0.05, 0) is 44.2 Å². The highest BCUT2D eigenvalue weighted by atomic mass is 32.2. The molecule has 10 nitrogen and oxygen atoms in total. The van der Waals surface area contributed by atoms with Crippen molar-refractivity contribution in [1.29, 1.82) is 0 Å². The van der Waals surface area contributed by atoms with E-state index in [0.717, 1.165) is 0 Å². The minimum atomic E-state index is -3.99. The fraction of sp³-hybridized carbons (Fsp3) is 0.478. The summed E-state index contributed by atoms with van der Waals surface area (Å²) in [7, 11) is -2.61. The van der Waals surface area contributed by atoms with Gasteiger partial charge in [0, 0.05) is 14.6 Å². The number of furan rings is 1. The van der Waals surface area contributed by atoms with Crippen LogP contribution in [-0.4, -0.2) is 69.0 Å². The smallest absolute Gasteiger partial charge is 0.246 e. The number of rotatable bonds is 11. The van der Waals surface area contributed by atoms with E-state index in [1.54, 1.807) is 34.9 Å². The molecule has 2 heterocycles. The number of aliphatic hydroxyl groups excluding tert-OH is 1. The van der Waals surface area contributed by atoms with Crippen LogP contribution in [0.25, 0.3) is 17.3 Å². The Morgan fingerprint density at radius 2 is 1.74 bits per heavy atom. The number of aromatic nitrogens is 3. The number of benzene rings is 1. The third-order valence-corrected chi connectivity index (χ3v) is 9.44. The van der Waals surface area contributed by atoms with Crippen molar-refractivity contribution in [3.63, 3.8) is 0 Å². The van der Waals surface area contributed by atoms with E-state index >= 15 is 0 Å². The first-order valence-electron chi connectivity index (χ1n) is 11.3. The number of para-hydroxylation sites is 1. The van der Waals surface area contributed by atoms with Crippen LogP contribution >= 0.6 is 0 Å². The second-order valence-electron chi connectivity index (χ2n) is 9.50. The quantitative estimate of drug-likeness (QED) is 0.379. The lowest BCUT2D eigenvalue weighted by molar-refractivity contribution is 0.295. The topological polar surface area (TPSA) is 120 Å². The fourth-order valence-corrected chi connectivity index (χ4v) is 5.87. The first-order chi connectivity index (χ1) is 16.4. The molecule has 0 aliphatic rings. The van der Waals surface area contributed by atoms with E-state index in [2.05, 4.69) is 29.8 Å². The van der Waals surface area contributed by atoms with Gasteiger partial charge in [0.05, 0.1) is 20.8 Å². The third kappa shape index (κ3) is 5.54. The van der Waals surface area contributed by atoms with E-state index in [1.165, 1.54) is 25.4 Å². The second-order valence-corrected chi connectivity index (χ2v) is 17.4. The van der Waals surface area contributed by atoms with Gasteiger partial charge in [0.15, 0.2) is 5.76 Å². The Morgan fingerprint density at radius 1 is 1.11 bits per heavy atom. The number of nitrogens with zero attached hydrogens (tertiary/aromatic N) is 4. The van der Waals surface area contributed by atoms with E-state index in [1.807, 2.05) is 6.92 Å². The van der Waals surface area contributed by atoms with Gasteiger partial charge < -0.3 is 19.0 Å². The zero-order valence-electron chi connectivity index (χ0n) is 21.3. The van der Waals surface area contributed by atoms with Crippen LogP contribution in [0.1, 0.15) is 12.7 Å². The van der Waals surface area contributed by atoms with Crippen molar-refractivity contribution >= 4 is 24.0 Å². The molecule has 1 aromatic carbocycles. The molecule has 1 atom stereocenters. The highest BCUT2D eigenvalue weighted by molar-refractivity contribution is 7.93. The van der Waals surface area contributed by atoms with E-state index < -0.39 is 30.0 Å². The first-order valence-corrected chi connectivity index (χ1v) is 16.5. The number of hydrogen-bond acceptors (Lipinski definition) is 8. The van der Waals surface area contributed by atoms with Crippen LogP contribution < -0.4 is 13.8 Å². The molecular weight excluding hydrogens is 488 g/mol. The zero-order valence-corrected chi connectivity index (χ0v) is 23.1. The highest BCUT2D eigenvalue weighted by Gasteiger charge is 2.36. The van der Waals surface area contributed by atoms with Crippen LogP contribution in [0.15, 0.2) is 34.7 Å². The molecule has 0 aliphatic carbocycles. The normalized spacial score (nSPS) is 13.0. The summed E-state index contributed by atoms with van der Waals surface area (Å²) < 4.78 is 47.2. The van der Waals surface area contributed by atoms with Gasteiger partial charge in [-0.3, -0.25) is 4.57 Å². The molecule has 0 saturated heterocycles. The van der Waals surface area contributed by atoms with Gasteiger partial charge in [-0.25, -0.2) is 12.7 Å². The van der Waals surface area contributed by atoms with Crippen LogP contribution in [0.2, 0.25) is 25.7 Å². The van der Waals surface area contributed by atoms with Crippen LogP contribution in [0.5, 0.6) is 11.5 Å². The van der Waals surface area contributed by atoms with Gasteiger partial charge in [-0.1, -0.05) is 25.7 Å². The third-order valence-electron chi connectivity index (χ3n) is 5.59. The van der Waals surface area contributed by atoms with E-state index in [-0.39, 0.29) is 12.5 Å². The van der Waals surface area contributed by atoms with Crippen LogP contribution in [0.4, 0.5) is 5.95 Å². The van der Waals surface area contributed by atoms with Gasteiger partial charge in [-0.2, -0.15) is 0 Å². The molecule has 35 heavy (non-hydrogen) atoms. The summed E-state index contributed by atoms with van der Waals surface area (Å²) in [6.45, 7) is 9.44. The Balaban J connectivity index is 2.37. The number of sulfonamides is 1. The molecule has 3 rings (SSSR count). The average Bonchev–Trinajstić information content (AvgIpc) is 3.43. The number of aliphatic hydroxyl groups is 1. The van der Waals surface area contributed by atoms with E-state index in [0.29, 0.717) is 40.6 Å². The lowest BCUT2D eigenvalue weighted by Crippen LogP contribution is -2.43. The molecule has 2 aromatic heterocycles. The number of methoxy groups -OCH3 is 2. The summed E-state index contributed by atoms with van der Waals surface area (Å²) in [6, 6.07) is 9.48. The fourth-order valence-electron chi connectivity index (χ4n) is 3.50. The SMILES string of the molecule is COc1cccc(OC)c1-n1c(-c2ccc(C)o2)nnc1N(CC[Si](C)(C)C)S(=O)(=O)[C@H](C)CO. The Bertz CT molecular complexity index is 1240. The lowest BCUT2D eigenvalue weighted by atomic mass is 10.2. The molecule has 0 radical (unpaired) electrons. The summed E-state index contributed by atoms with van der Waals surface area (Å²) in [5, 5.41) is 17.4. The van der Waals surface area contributed by atoms with Gasteiger partial charge in [-0.15, -0.1) is 10.2 Å². The second kappa shape index (κ2) is 10.4. The van der Waals surface area contributed by atoms with Gasteiger partial charge in [0.25, 0.3) is 0 Å². The lowest BCUT2D eigenvalue weighted by Gasteiger charge is -2.29. The highest BCUT2D eigenvalue weighted by Crippen LogP contribution is 2.39. The predicted molar refractivity (Wildman–Crippen MR) is 138 cm³/mol. The monoisotopic (exact) mass is 522 g/mol. The van der Waals surface area contributed by atoms with Crippen molar-refractivity contribution in [1.82, 2.24) is 14.8 Å². The molecule has 12 heteroatoms. The molecule has 0 amide bonds. The van der Waals surface area contributed by atoms with Crippen LogP contribution in [-0.2, 0) is 10.0 Å². The summed E-state index contributed by atoms with van der Waals surface area (Å²) in [4.78, 5) is 0. The maximum Gasteiger partial charge on any atom is 0.246 e. The molecule has 0 aliphatic heterocycles. The van der Waals surface area contributed by atoms with E-state index in [4.69, 9.17) is 13.9 Å². The molecule has 3 aromatic rings. The summed E-state index contributed by atoms with van der Waals surface area (Å²) >= 11 is 0. The van der Waals surface area contributed by atoms with Gasteiger partial charge in [0.2, 0.25) is 21.8 Å². The van der Waals surface area contributed by atoms with Crippen molar-refractivity contribution in [3.05, 3.63) is 36.1 Å². The predicted octanol–water partition coefficient (Wildman–Crippen LogP) is 3.71. The van der Waals surface area contributed by atoms with Gasteiger partial charge >= 0.3 is 0 Å². The average molecular weight is 523 g/mol. The first kappa shape index (κ1) is 26.8. The molecule has 0 saturated carbocycles. The number of anilines is 1.